The molecule has 1 aromatic carbocycles. The smallest absolute Gasteiger partial charge is 0.239 e. The zero-order valence-electron chi connectivity index (χ0n) is 14.3. The number of carbonyl (C=O) groups is 2. The van der Waals surface area contributed by atoms with Gasteiger partial charge in [-0.1, -0.05) is 49.9 Å². The van der Waals surface area contributed by atoms with Crippen molar-refractivity contribution >= 4 is 11.8 Å². The summed E-state index contributed by atoms with van der Waals surface area (Å²) < 4.78 is 0. The Hall–Kier alpha value is -1.84. The summed E-state index contributed by atoms with van der Waals surface area (Å²) in [5.41, 5.74) is 2.23. The van der Waals surface area contributed by atoms with Crippen LogP contribution in [0.1, 0.15) is 56.6 Å². The van der Waals surface area contributed by atoms with E-state index in [2.05, 4.69) is 5.32 Å². The van der Waals surface area contributed by atoms with Crippen LogP contribution in [0.2, 0.25) is 0 Å². The van der Waals surface area contributed by atoms with Crippen molar-refractivity contribution in [1.29, 1.82) is 0 Å². The van der Waals surface area contributed by atoms with Gasteiger partial charge in [0, 0.05) is 19.5 Å². The van der Waals surface area contributed by atoms with Crippen LogP contribution in [-0.4, -0.2) is 29.3 Å². The van der Waals surface area contributed by atoms with Crippen molar-refractivity contribution in [3.8, 4) is 0 Å². The maximum Gasteiger partial charge on any atom is 0.239 e. The van der Waals surface area contributed by atoms with Gasteiger partial charge in [-0.3, -0.25) is 9.59 Å². The van der Waals surface area contributed by atoms with E-state index in [9.17, 15) is 9.59 Å². The number of hydrogen-bond donors (Lipinski definition) is 1. The van der Waals surface area contributed by atoms with Crippen LogP contribution in [0.15, 0.2) is 24.3 Å². The van der Waals surface area contributed by atoms with Crippen LogP contribution in [-0.2, 0) is 16.1 Å². The fourth-order valence-corrected chi connectivity index (χ4v) is 3.14. The topological polar surface area (TPSA) is 49.4 Å². The van der Waals surface area contributed by atoms with E-state index in [-0.39, 0.29) is 24.4 Å². The summed E-state index contributed by atoms with van der Waals surface area (Å²) in [6.07, 6.45) is 7.01. The van der Waals surface area contributed by atoms with Crippen LogP contribution >= 0.6 is 0 Å². The zero-order chi connectivity index (χ0) is 16.7. The molecular weight excluding hydrogens is 288 g/mol. The van der Waals surface area contributed by atoms with Crippen molar-refractivity contribution in [2.75, 3.05) is 6.54 Å². The van der Waals surface area contributed by atoms with Gasteiger partial charge in [0.1, 0.15) is 0 Å². The van der Waals surface area contributed by atoms with Crippen molar-refractivity contribution < 1.29 is 9.59 Å². The monoisotopic (exact) mass is 316 g/mol. The first-order chi connectivity index (χ1) is 11.1. The second-order valence-corrected chi connectivity index (χ2v) is 6.56. The molecule has 1 aromatic rings. The van der Waals surface area contributed by atoms with Gasteiger partial charge >= 0.3 is 0 Å². The Labute approximate surface area is 139 Å². The molecule has 0 unspecified atom stereocenters. The molecule has 0 radical (unpaired) electrons. The number of rotatable bonds is 5. The summed E-state index contributed by atoms with van der Waals surface area (Å²) in [4.78, 5) is 25.8. The minimum Gasteiger partial charge on any atom is -0.352 e. The van der Waals surface area contributed by atoms with Crippen molar-refractivity contribution in [2.24, 2.45) is 0 Å². The molecule has 4 nitrogen and oxygen atoms in total. The zero-order valence-corrected chi connectivity index (χ0v) is 14.3. The first-order valence-electron chi connectivity index (χ1n) is 8.65. The molecule has 1 fully saturated rings. The lowest BCUT2D eigenvalue weighted by atomic mass is 10.1. The summed E-state index contributed by atoms with van der Waals surface area (Å²) in [5, 5.41) is 3.11. The van der Waals surface area contributed by atoms with Crippen molar-refractivity contribution in [3.05, 3.63) is 35.4 Å². The van der Waals surface area contributed by atoms with E-state index in [4.69, 9.17) is 0 Å². The lowest BCUT2D eigenvalue weighted by molar-refractivity contribution is -0.135. The lowest BCUT2D eigenvalue weighted by Gasteiger charge is -2.23. The van der Waals surface area contributed by atoms with Crippen LogP contribution in [0, 0.1) is 6.92 Å². The largest absolute Gasteiger partial charge is 0.352 e. The molecule has 0 aliphatic heterocycles. The molecule has 1 aliphatic rings. The summed E-state index contributed by atoms with van der Waals surface area (Å²) in [6, 6.07) is 8.26. The van der Waals surface area contributed by atoms with Crippen molar-refractivity contribution in [3.63, 3.8) is 0 Å². The van der Waals surface area contributed by atoms with Gasteiger partial charge in [-0.05, 0) is 30.9 Å². The average molecular weight is 316 g/mol. The number of aryl methyl sites for hydroxylation is 1. The molecule has 1 aliphatic carbocycles. The van der Waals surface area contributed by atoms with E-state index in [1.54, 1.807) is 4.90 Å². The van der Waals surface area contributed by atoms with Crippen LogP contribution in [0.3, 0.4) is 0 Å². The molecule has 23 heavy (non-hydrogen) atoms. The fourth-order valence-electron chi connectivity index (χ4n) is 3.14. The van der Waals surface area contributed by atoms with Crippen LogP contribution in [0.25, 0.3) is 0 Å². The minimum atomic E-state index is -0.0655. The highest BCUT2D eigenvalue weighted by Gasteiger charge is 2.18. The van der Waals surface area contributed by atoms with Gasteiger partial charge < -0.3 is 10.2 Å². The van der Waals surface area contributed by atoms with Gasteiger partial charge in [-0.25, -0.2) is 0 Å². The third-order valence-electron chi connectivity index (χ3n) is 4.62. The Morgan fingerprint density at radius 3 is 2.39 bits per heavy atom. The molecule has 0 heterocycles. The van der Waals surface area contributed by atoms with Gasteiger partial charge in [-0.2, -0.15) is 0 Å². The normalized spacial score (nSPS) is 15.7. The van der Waals surface area contributed by atoms with Crippen LogP contribution in [0.4, 0.5) is 0 Å². The summed E-state index contributed by atoms with van der Waals surface area (Å²) in [6.45, 7) is 4.18. The van der Waals surface area contributed by atoms with Gasteiger partial charge in [0.05, 0.1) is 6.54 Å². The molecule has 1 N–H and O–H groups in total. The van der Waals surface area contributed by atoms with E-state index >= 15 is 0 Å². The number of amides is 2. The predicted octanol–water partition coefficient (Wildman–Crippen LogP) is 3.18. The summed E-state index contributed by atoms with van der Waals surface area (Å²) in [5.74, 6) is -0.107. The van der Waals surface area contributed by atoms with Gasteiger partial charge in [0.15, 0.2) is 0 Å². The second kappa shape index (κ2) is 8.70. The molecule has 0 atom stereocenters. The van der Waals surface area contributed by atoms with Gasteiger partial charge in [0.25, 0.3) is 0 Å². The highest BCUT2D eigenvalue weighted by atomic mass is 16.2. The standard InChI is InChI=1S/C19H28N2O2/c1-15-9-7-8-10-17(15)13-21(16(2)22)14-19(23)20-18-11-5-3-4-6-12-18/h7-10,18H,3-6,11-14H2,1-2H3,(H,20,23). The predicted molar refractivity (Wildman–Crippen MR) is 91.9 cm³/mol. The molecule has 4 heteroatoms. The van der Waals surface area contributed by atoms with Crippen LogP contribution in [0.5, 0.6) is 0 Å². The van der Waals surface area contributed by atoms with E-state index in [1.807, 2.05) is 31.2 Å². The van der Waals surface area contributed by atoms with Crippen molar-refractivity contribution in [1.82, 2.24) is 10.2 Å². The summed E-state index contributed by atoms with van der Waals surface area (Å²) >= 11 is 0. The Morgan fingerprint density at radius 2 is 1.78 bits per heavy atom. The van der Waals surface area contributed by atoms with E-state index in [1.165, 1.54) is 32.6 Å². The molecular formula is C19H28N2O2. The number of nitrogens with one attached hydrogen (secondary N) is 1. The molecule has 0 saturated heterocycles. The maximum atomic E-state index is 12.3. The number of carbonyl (C=O) groups excluding carboxylic acids is 2. The lowest BCUT2D eigenvalue weighted by Crippen LogP contribution is -2.43. The van der Waals surface area contributed by atoms with E-state index in [0.717, 1.165) is 24.0 Å². The Bertz CT molecular complexity index is 534. The first-order valence-corrected chi connectivity index (χ1v) is 8.65. The quantitative estimate of drug-likeness (QED) is 0.848. The van der Waals surface area contributed by atoms with Crippen LogP contribution < -0.4 is 5.32 Å². The van der Waals surface area contributed by atoms with E-state index in [0.29, 0.717) is 6.54 Å². The highest BCUT2D eigenvalue weighted by molar-refractivity contribution is 5.83. The Balaban J connectivity index is 1.92. The molecule has 2 amide bonds. The fraction of sp³-hybridized carbons (Fsp3) is 0.579. The molecule has 126 valence electrons. The second-order valence-electron chi connectivity index (χ2n) is 6.56. The molecule has 0 aromatic heterocycles. The Morgan fingerprint density at radius 1 is 1.13 bits per heavy atom. The number of nitrogens with zero attached hydrogens (tertiary/aromatic N) is 1. The third kappa shape index (κ3) is 5.70. The number of benzene rings is 1. The molecule has 1 saturated carbocycles. The number of hydrogen-bond acceptors (Lipinski definition) is 2. The van der Waals surface area contributed by atoms with Gasteiger partial charge in [-0.15, -0.1) is 0 Å². The first kappa shape index (κ1) is 17.5. The highest BCUT2D eigenvalue weighted by Crippen LogP contribution is 2.17. The maximum absolute atomic E-state index is 12.3. The minimum absolute atomic E-state index is 0.0410. The average Bonchev–Trinajstić information content (AvgIpc) is 2.77. The summed E-state index contributed by atoms with van der Waals surface area (Å²) in [7, 11) is 0. The van der Waals surface area contributed by atoms with Gasteiger partial charge in [0.2, 0.25) is 11.8 Å². The third-order valence-corrected chi connectivity index (χ3v) is 4.62. The molecule has 2 rings (SSSR count). The molecule has 0 bridgehead atoms. The molecule has 0 spiro atoms. The van der Waals surface area contributed by atoms with E-state index < -0.39 is 0 Å². The van der Waals surface area contributed by atoms with Crippen molar-refractivity contribution in [2.45, 2.75) is 65.0 Å². The SMILES string of the molecule is CC(=O)N(CC(=O)NC1CCCCCC1)Cc1ccccc1C. The Kier molecular flexibility index (Phi) is 6.63.